The fourth-order valence-electron chi connectivity index (χ4n) is 4.15. The van der Waals surface area contributed by atoms with E-state index in [4.69, 9.17) is 11.6 Å². The zero-order valence-corrected chi connectivity index (χ0v) is 24.5. The smallest absolute Gasteiger partial charge is 0.255 e. The summed E-state index contributed by atoms with van der Waals surface area (Å²) in [5.41, 5.74) is 4.81. The van der Waals surface area contributed by atoms with Crippen LogP contribution in [0.5, 0.6) is 0 Å². The molecule has 0 aliphatic rings. The van der Waals surface area contributed by atoms with Crippen LogP contribution in [-0.4, -0.2) is 52.3 Å². The number of nitrogens with one attached hydrogen (secondary N) is 4. The summed E-state index contributed by atoms with van der Waals surface area (Å²) < 4.78 is 0. The maximum atomic E-state index is 12.9. The van der Waals surface area contributed by atoms with Gasteiger partial charge in [0.2, 0.25) is 11.9 Å². The predicted molar refractivity (Wildman–Crippen MR) is 172 cm³/mol. The van der Waals surface area contributed by atoms with E-state index in [1.165, 1.54) is 6.08 Å². The monoisotopic (exact) mass is 601 g/mol. The van der Waals surface area contributed by atoms with Crippen LogP contribution in [0.15, 0.2) is 97.3 Å². The van der Waals surface area contributed by atoms with Crippen molar-refractivity contribution in [3.8, 4) is 11.3 Å². The Kier molecular flexibility index (Phi) is 9.93. The van der Waals surface area contributed by atoms with E-state index in [2.05, 4.69) is 30.9 Å². The number of fused-ring (bicyclic) bond motifs is 1. The lowest BCUT2D eigenvalue weighted by Crippen LogP contribution is -2.13. The van der Waals surface area contributed by atoms with Crippen LogP contribution < -0.4 is 16.0 Å². The van der Waals surface area contributed by atoms with E-state index in [0.29, 0.717) is 45.8 Å². The van der Waals surface area contributed by atoms with Gasteiger partial charge in [-0.3, -0.25) is 9.59 Å². The molecule has 2 heterocycles. The number of hydrogen-bond donors (Lipinski definition) is 4. The molecular formula is C31H29Cl2N7O2. The molecule has 5 rings (SSSR count). The highest BCUT2D eigenvalue weighted by molar-refractivity contribution is 6.33. The summed E-state index contributed by atoms with van der Waals surface area (Å²) in [5, 5.41) is 10.3. The van der Waals surface area contributed by atoms with Crippen LogP contribution in [0.2, 0.25) is 5.02 Å². The number of amides is 2. The van der Waals surface area contributed by atoms with Crippen LogP contribution in [-0.2, 0) is 4.79 Å². The van der Waals surface area contributed by atoms with Gasteiger partial charge in [0.15, 0.2) is 0 Å². The van der Waals surface area contributed by atoms with Crippen LogP contribution in [0.4, 0.5) is 23.0 Å². The third kappa shape index (κ3) is 7.52. The van der Waals surface area contributed by atoms with Crippen molar-refractivity contribution >= 4 is 69.7 Å². The molecule has 0 aliphatic heterocycles. The van der Waals surface area contributed by atoms with Crippen LogP contribution in [0.1, 0.15) is 10.4 Å². The van der Waals surface area contributed by atoms with Crippen molar-refractivity contribution in [2.24, 2.45) is 0 Å². The molecule has 3 aromatic carbocycles. The van der Waals surface area contributed by atoms with Crippen LogP contribution in [0.25, 0.3) is 22.2 Å². The van der Waals surface area contributed by atoms with E-state index in [-0.39, 0.29) is 24.2 Å². The van der Waals surface area contributed by atoms with Gasteiger partial charge in [0.1, 0.15) is 0 Å². The molecule has 42 heavy (non-hydrogen) atoms. The molecule has 0 aliphatic carbocycles. The Balaban J connectivity index is 0.00000405. The Bertz CT molecular complexity index is 1730. The standard InChI is InChI=1S/C31H28ClN7O2.ClH/c1-39(2)16-6-11-28(40)35-21-14-12-20(13-15-21)30(41)36-22-7-5-8-23(17-22)37-31-34-19-26(32)29(38-31)25-18-33-27-10-4-3-9-24(25)27;/h3-15,17-19,33H,16H2,1-2H3,(H,35,40)(H,36,41)(H,34,37,38);1H. The number of H-pyrrole nitrogens is 1. The highest BCUT2D eigenvalue weighted by Gasteiger charge is 2.13. The Labute approximate surface area is 254 Å². The SMILES string of the molecule is CN(C)CC=CC(=O)Nc1ccc(C(=O)Nc2cccc(Nc3ncc(Cl)c(-c4c[nH]c5ccccc45)n3)c2)cc1.Cl. The summed E-state index contributed by atoms with van der Waals surface area (Å²) in [6.07, 6.45) is 6.70. The zero-order chi connectivity index (χ0) is 28.8. The number of aromatic amines is 1. The molecule has 5 aromatic rings. The number of benzene rings is 3. The van der Waals surface area contributed by atoms with Gasteiger partial charge in [-0.25, -0.2) is 9.97 Å². The Morgan fingerprint density at radius 2 is 1.71 bits per heavy atom. The van der Waals surface area contributed by atoms with Gasteiger partial charge in [0.05, 0.1) is 16.9 Å². The van der Waals surface area contributed by atoms with E-state index < -0.39 is 0 Å². The van der Waals surface area contributed by atoms with Crippen LogP contribution >= 0.6 is 24.0 Å². The first kappa shape index (κ1) is 30.3. The topological polar surface area (TPSA) is 115 Å². The van der Waals surface area contributed by atoms with Crippen molar-refractivity contribution in [3.05, 3.63) is 108 Å². The molecule has 0 atom stereocenters. The number of halogens is 2. The number of rotatable bonds is 9. The minimum absolute atomic E-state index is 0. The first-order valence-electron chi connectivity index (χ1n) is 12.9. The van der Waals surface area contributed by atoms with Gasteiger partial charge in [-0.15, -0.1) is 12.4 Å². The van der Waals surface area contributed by atoms with Crippen molar-refractivity contribution in [1.82, 2.24) is 19.9 Å². The molecule has 2 amide bonds. The summed E-state index contributed by atoms with van der Waals surface area (Å²) >= 11 is 6.46. The lowest BCUT2D eigenvalue weighted by molar-refractivity contribution is -0.111. The molecule has 11 heteroatoms. The van der Waals surface area contributed by atoms with Crippen molar-refractivity contribution in [2.75, 3.05) is 36.6 Å². The molecule has 9 nitrogen and oxygen atoms in total. The lowest BCUT2D eigenvalue weighted by Gasteiger charge is -2.10. The van der Waals surface area contributed by atoms with Crippen molar-refractivity contribution in [3.63, 3.8) is 0 Å². The van der Waals surface area contributed by atoms with Crippen molar-refractivity contribution < 1.29 is 9.59 Å². The Morgan fingerprint density at radius 3 is 2.50 bits per heavy atom. The number of nitrogens with zero attached hydrogens (tertiary/aromatic N) is 3. The molecule has 0 radical (unpaired) electrons. The van der Waals surface area contributed by atoms with E-state index >= 15 is 0 Å². The number of aromatic nitrogens is 3. The molecule has 0 spiro atoms. The quantitative estimate of drug-likeness (QED) is 0.139. The van der Waals surface area contributed by atoms with Gasteiger partial charge in [0.25, 0.3) is 5.91 Å². The van der Waals surface area contributed by atoms with E-state index in [1.54, 1.807) is 48.7 Å². The lowest BCUT2D eigenvalue weighted by atomic mass is 10.1. The van der Waals surface area contributed by atoms with Crippen molar-refractivity contribution in [1.29, 1.82) is 0 Å². The average Bonchev–Trinajstić information content (AvgIpc) is 3.38. The summed E-state index contributed by atoms with van der Waals surface area (Å²) in [7, 11) is 3.85. The van der Waals surface area contributed by atoms with Gasteiger partial charge in [-0.2, -0.15) is 0 Å². The molecule has 0 bridgehead atoms. The maximum Gasteiger partial charge on any atom is 0.255 e. The predicted octanol–water partition coefficient (Wildman–Crippen LogP) is 6.75. The summed E-state index contributed by atoms with van der Waals surface area (Å²) in [4.78, 5) is 39.1. The fourth-order valence-corrected chi connectivity index (χ4v) is 4.34. The summed E-state index contributed by atoms with van der Waals surface area (Å²) in [6, 6.07) is 21.9. The van der Waals surface area contributed by atoms with Crippen molar-refractivity contribution in [2.45, 2.75) is 0 Å². The average molecular weight is 603 g/mol. The fraction of sp³-hybridized carbons (Fsp3) is 0.0968. The van der Waals surface area contributed by atoms with Crippen LogP contribution in [0, 0.1) is 0 Å². The van der Waals surface area contributed by atoms with Gasteiger partial charge >= 0.3 is 0 Å². The molecule has 0 saturated carbocycles. The molecule has 4 N–H and O–H groups in total. The number of anilines is 4. The molecule has 2 aromatic heterocycles. The summed E-state index contributed by atoms with van der Waals surface area (Å²) in [5.74, 6) is -0.144. The third-order valence-corrected chi connectivity index (χ3v) is 6.40. The summed E-state index contributed by atoms with van der Waals surface area (Å²) in [6.45, 7) is 0.669. The second kappa shape index (κ2) is 13.8. The number of carbonyl (C=O) groups is 2. The van der Waals surface area contributed by atoms with E-state index in [0.717, 1.165) is 16.5 Å². The number of likely N-dealkylation sites (N-methyl/N-ethyl adjacent to an activating group) is 1. The van der Waals surface area contributed by atoms with Crippen LogP contribution in [0.3, 0.4) is 0 Å². The molecule has 0 unspecified atom stereocenters. The van der Waals surface area contributed by atoms with E-state index in [9.17, 15) is 9.59 Å². The zero-order valence-electron chi connectivity index (χ0n) is 22.9. The number of carbonyl (C=O) groups excluding carboxylic acids is 2. The Morgan fingerprint density at radius 1 is 0.952 bits per heavy atom. The first-order valence-corrected chi connectivity index (χ1v) is 13.2. The van der Waals surface area contributed by atoms with Gasteiger partial charge in [-0.05, 0) is 62.6 Å². The minimum atomic E-state index is -0.282. The largest absolute Gasteiger partial charge is 0.360 e. The molecule has 214 valence electrons. The minimum Gasteiger partial charge on any atom is -0.360 e. The molecular weight excluding hydrogens is 573 g/mol. The third-order valence-electron chi connectivity index (χ3n) is 6.12. The highest BCUT2D eigenvalue weighted by Crippen LogP contribution is 2.32. The van der Waals surface area contributed by atoms with E-state index in [1.807, 2.05) is 61.6 Å². The van der Waals surface area contributed by atoms with Gasteiger partial charge in [-0.1, -0.05) is 41.9 Å². The number of para-hydroxylation sites is 1. The normalized spacial score (nSPS) is 11.0. The second-order valence-corrected chi connectivity index (χ2v) is 9.94. The molecule has 0 saturated heterocycles. The second-order valence-electron chi connectivity index (χ2n) is 9.53. The first-order chi connectivity index (χ1) is 19.9. The number of hydrogen-bond acceptors (Lipinski definition) is 6. The maximum absolute atomic E-state index is 12.9. The highest BCUT2D eigenvalue weighted by atomic mass is 35.5. The van der Waals surface area contributed by atoms with Gasteiger partial charge in [0, 0.05) is 57.9 Å². The molecule has 0 fully saturated rings. The van der Waals surface area contributed by atoms with Gasteiger partial charge < -0.3 is 25.8 Å². The Hall–Kier alpha value is -4.70.